The molecule has 0 N–H and O–H groups in total. The summed E-state index contributed by atoms with van der Waals surface area (Å²) in [5, 5.41) is 0. The smallest absolute Gasteiger partial charge is 0.194 e. The lowest BCUT2D eigenvalue weighted by Crippen LogP contribution is -2.42. The van der Waals surface area contributed by atoms with Crippen LogP contribution < -0.4 is 9.47 Å². The zero-order valence-corrected chi connectivity index (χ0v) is 15.7. The summed E-state index contributed by atoms with van der Waals surface area (Å²) in [6, 6.07) is 20.4. The van der Waals surface area contributed by atoms with Gasteiger partial charge >= 0.3 is 0 Å². The Morgan fingerprint density at radius 2 is 1.38 bits per heavy atom. The van der Waals surface area contributed by atoms with Crippen LogP contribution in [0.4, 0.5) is 5.69 Å². The van der Waals surface area contributed by atoms with Crippen LogP contribution in [0.15, 0.2) is 60.8 Å². The van der Waals surface area contributed by atoms with Gasteiger partial charge < -0.3 is 4.90 Å². The van der Waals surface area contributed by atoms with E-state index in [4.69, 9.17) is 0 Å². The topological polar surface area (TPSA) is 7.12 Å². The van der Waals surface area contributed by atoms with Crippen molar-refractivity contribution < 1.29 is 4.57 Å². The first-order valence-electron chi connectivity index (χ1n) is 9.50. The number of anilines is 1. The molecule has 0 saturated carbocycles. The molecule has 0 saturated heterocycles. The fourth-order valence-electron chi connectivity index (χ4n) is 5.12. The highest BCUT2D eigenvalue weighted by molar-refractivity contribution is 5.63. The molecule has 2 nitrogen and oxygen atoms in total. The Labute approximate surface area is 155 Å². The minimum absolute atomic E-state index is 0.420. The number of rotatable bonds is 1. The van der Waals surface area contributed by atoms with E-state index < -0.39 is 0 Å². The first-order valence-corrected chi connectivity index (χ1v) is 9.50. The lowest BCUT2D eigenvalue weighted by atomic mass is 9.67. The fraction of sp³-hybridized carbons (Fsp3) is 0.292. The summed E-state index contributed by atoms with van der Waals surface area (Å²) in [5.74, 6) is 0.840. The van der Waals surface area contributed by atoms with Crippen molar-refractivity contribution in [2.24, 2.45) is 7.05 Å². The fourth-order valence-corrected chi connectivity index (χ4v) is 5.12. The Hall–Kier alpha value is -2.61. The molecule has 0 fully saturated rings. The number of hydrogen-bond acceptors (Lipinski definition) is 1. The summed E-state index contributed by atoms with van der Waals surface area (Å²) in [7, 11) is 6.55. The van der Waals surface area contributed by atoms with Gasteiger partial charge in [0.25, 0.3) is 0 Å². The standard InChI is InChI=1S/C24H25N2/c1-25(2)22-12-13-26(3)24-21-15-17-9-5-4-8-16(17)14-20(23(22)24)18-10-6-7-11-19(18)21/h4-13,20-21H,14-15H2,1-3H3/q+1. The van der Waals surface area contributed by atoms with Crippen LogP contribution in [0.25, 0.3) is 0 Å². The number of hydrogen-bond donors (Lipinski definition) is 0. The number of nitrogens with zero attached hydrogens (tertiary/aromatic N) is 2. The van der Waals surface area contributed by atoms with Crippen molar-refractivity contribution in [2.45, 2.75) is 24.7 Å². The zero-order chi connectivity index (χ0) is 17.8. The van der Waals surface area contributed by atoms with Crippen LogP contribution in [0.1, 0.15) is 45.3 Å². The van der Waals surface area contributed by atoms with Gasteiger partial charge in [-0.2, -0.15) is 0 Å². The van der Waals surface area contributed by atoms with E-state index in [2.05, 4.69) is 91.4 Å². The minimum atomic E-state index is 0.420. The highest BCUT2D eigenvalue weighted by atomic mass is 15.1. The van der Waals surface area contributed by atoms with Crippen molar-refractivity contribution in [3.63, 3.8) is 0 Å². The third-order valence-corrected chi connectivity index (χ3v) is 6.26. The molecule has 1 aromatic heterocycles. The Kier molecular flexibility index (Phi) is 3.43. The van der Waals surface area contributed by atoms with Crippen molar-refractivity contribution >= 4 is 5.69 Å². The van der Waals surface area contributed by atoms with Crippen molar-refractivity contribution in [2.75, 3.05) is 19.0 Å². The Morgan fingerprint density at radius 1 is 0.808 bits per heavy atom. The Balaban J connectivity index is 1.85. The summed E-state index contributed by atoms with van der Waals surface area (Å²) in [6.45, 7) is 0. The maximum Gasteiger partial charge on any atom is 0.194 e. The van der Waals surface area contributed by atoms with E-state index in [9.17, 15) is 0 Å². The van der Waals surface area contributed by atoms with E-state index in [0.29, 0.717) is 11.8 Å². The molecule has 26 heavy (non-hydrogen) atoms. The van der Waals surface area contributed by atoms with Crippen molar-refractivity contribution in [3.8, 4) is 0 Å². The van der Waals surface area contributed by atoms with Gasteiger partial charge in [-0.1, -0.05) is 48.5 Å². The van der Waals surface area contributed by atoms with Gasteiger partial charge in [-0.3, -0.25) is 0 Å². The van der Waals surface area contributed by atoms with Crippen molar-refractivity contribution in [1.82, 2.24) is 0 Å². The second-order valence-corrected chi connectivity index (χ2v) is 7.92. The monoisotopic (exact) mass is 341 g/mol. The van der Waals surface area contributed by atoms with Gasteiger partial charge in [0.1, 0.15) is 7.05 Å². The van der Waals surface area contributed by atoms with Gasteiger partial charge in [0.15, 0.2) is 11.9 Å². The van der Waals surface area contributed by atoms with Gasteiger partial charge in [0, 0.05) is 26.1 Å². The van der Waals surface area contributed by atoms with E-state index in [1.54, 1.807) is 0 Å². The largest absolute Gasteiger partial charge is 0.377 e. The molecule has 0 amide bonds. The summed E-state index contributed by atoms with van der Waals surface area (Å²) >= 11 is 0. The summed E-state index contributed by atoms with van der Waals surface area (Å²) in [4.78, 5) is 2.28. The molecule has 3 aromatic rings. The third-order valence-electron chi connectivity index (χ3n) is 6.26. The van der Waals surface area contributed by atoms with Crippen LogP contribution >= 0.6 is 0 Å². The van der Waals surface area contributed by atoms with Gasteiger partial charge in [0.2, 0.25) is 0 Å². The number of pyridine rings is 1. The molecule has 2 bridgehead atoms. The molecule has 2 unspecified atom stereocenters. The number of aromatic nitrogens is 1. The maximum atomic E-state index is 2.36. The molecule has 0 aliphatic heterocycles. The third kappa shape index (κ3) is 2.14. The summed E-state index contributed by atoms with van der Waals surface area (Å²) in [6.07, 6.45) is 4.40. The Morgan fingerprint density at radius 3 is 2.04 bits per heavy atom. The average Bonchev–Trinajstić information content (AvgIpc) is 2.62. The lowest BCUT2D eigenvalue weighted by Gasteiger charge is -2.37. The highest BCUT2D eigenvalue weighted by Gasteiger charge is 2.42. The molecule has 130 valence electrons. The van der Waals surface area contributed by atoms with Gasteiger partial charge in [-0.05, 0) is 35.1 Å². The lowest BCUT2D eigenvalue weighted by molar-refractivity contribution is -0.680. The van der Waals surface area contributed by atoms with Gasteiger partial charge in [-0.25, -0.2) is 4.57 Å². The van der Waals surface area contributed by atoms with E-state index in [1.807, 2.05) is 0 Å². The number of benzene rings is 2. The van der Waals surface area contributed by atoms with E-state index in [0.717, 1.165) is 12.8 Å². The average molecular weight is 341 g/mol. The quantitative estimate of drug-likeness (QED) is 0.608. The maximum absolute atomic E-state index is 2.36. The molecule has 6 rings (SSSR count). The first kappa shape index (κ1) is 15.6. The van der Waals surface area contributed by atoms with E-state index >= 15 is 0 Å². The molecule has 2 heteroatoms. The molecule has 1 heterocycles. The number of aryl methyl sites for hydroxylation is 1. The van der Waals surface area contributed by atoms with Crippen LogP contribution in [0.5, 0.6) is 0 Å². The molecule has 2 aromatic carbocycles. The normalized spacial score (nSPS) is 19.8. The second-order valence-electron chi connectivity index (χ2n) is 7.92. The molecule has 3 aliphatic carbocycles. The van der Waals surface area contributed by atoms with E-state index in [1.165, 1.54) is 39.2 Å². The van der Waals surface area contributed by atoms with Crippen LogP contribution in [0, 0.1) is 0 Å². The Bertz CT molecular complexity index is 1000. The zero-order valence-electron chi connectivity index (χ0n) is 15.7. The van der Waals surface area contributed by atoms with E-state index in [-0.39, 0.29) is 0 Å². The molecular formula is C24H25N2+. The van der Waals surface area contributed by atoms with Crippen LogP contribution in [0.3, 0.4) is 0 Å². The summed E-state index contributed by atoms with van der Waals surface area (Å²) < 4.78 is 2.36. The van der Waals surface area contributed by atoms with Crippen molar-refractivity contribution in [3.05, 3.63) is 94.3 Å². The van der Waals surface area contributed by atoms with Crippen molar-refractivity contribution in [1.29, 1.82) is 0 Å². The minimum Gasteiger partial charge on any atom is -0.377 e. The molecule has 2 atom stereocenters. The molecule has 0 spiro atoms. The SMILES string of the molecule is CN(C)c1cc[n+](C)c2c1C1Cc3ccccc3CC2c2ccccc21. The van der Waals surface area contributed by atoms with Gasteiger partial charge in [-0.15, -0.1) is 0 Å². The summed E-state index contributed by atoms with van der Waals surface area (Å²) in [5.41, 5.74) is 10.5. The highest BCUT2D eigenvalue weighted by Crippen LogP contribution is 2.49. The molecule has 0 radical (unpaired) electrons. The predicted molar refractivity (Wildman–Crippen MR) is 106 cm³/mol. The van der Waals surface area contributed by atoms with Crippen LogP contribution in [-0.4, -0.2) is 14.1 Å². The second kappa shape index (κ2) is 5.70. The van der Waals surface area contributed by atoms with Crippen LogP contribution in [0.2, 0.25) is 0 Å². The molecular weight excluding hydrogens is 316 g/mol. The first-order chi connectivity index (χ1) is 12.6. The predicted octanol–water partition coefficient (Wildman–Crippen LogP) is 3.95. The van der Waals surface area contributed by atoms with Gasteiger partial charge in [0.05, 0.1) is 17.2 Å². The molecule has 3 aliphatic rings. The van der Waals surface area contributed by atoms with Crippen LogP contribution in [-0.2, 0) is 19.9 Å².